The highest BCUT2D eigenvalue weighted by molar-refractivity contribution is 9.10. The molecule has 0 saturated carbocycles. The molecule has 0 fully saturated rings. The van der Waals surface area contributed by atoms with Crippen molar-refractivity contribution in [3.05, 3.63) is 63.2 Å². The van der Waals surface area contributed by atoms with Gasteiger partial charge in [0.1, 0.15) is 15.5 Å². The van der Waals surface area contributed by atoms with Crippen molar-refractivity contribution in [2.75, 3.05) is 7.11 Å². The Kier molecular flexibility index (Phi) is 5.68. The second-order valence-corrected chi connectivity index (χ2v) is 8.19. The zero-order valence-electron chi connectivity index (χ0n) is 17.1. The lowest BCUT2D eigenvalue weighted by Crippen LogP contribution is -2.07. The first-order valence-corrected chi connectivity index (χ1v) is 10.6. The van der Waals surface area contributed by atoms with Gasteiger partial charge in [0.15, 0.2) is 5.78 Å². The SMILES string of the molecule is COc1cc2c(cc1C(C(C)=O)=C(C)N)nc(Cl)c1c(Br)nn(Cc3ccccn3)c12. The van der Waals surface area contributed by atoms with Crippen molar-refractivity contribution < 1.29 is 9.53 Å². The highest BCUT2D eigenvalue weighted by Gasteiger charge is 2.22. The number of fused-ring (bicyclic) bond motifs is 3. The summed E-state index contributed by atoms with van der Waals surface area (Å²) in [6, 6.07) is 9.33. The molecule has 1 aromatic carbocycles. The van der Waals surface area contributed by atoms with Crippen molar-refractivity contribution in [2.24, 2.45) is 5.73 Å². The van der Waals surface area contributed by atoms with Gasteiger partial charge in [-0.2, -0.15) is 5.10 Å². The van der Waals surface area contributed by atoms with Crippen LogP contribution in [0.2, 0.25) is 5.15 Å². The molecule has 0 atom stereocenters. The zero-order valence-corrected chi connectivity index (χ0v) is 19.5. The average molecular weight is 501 g/mol. The number of rotatable bonds is 5. The minimum absolute atomic E-state index is 0.159. The van der Waals surface area contributed by atoms with Crippen LogP contribution in [0.1, 0.15) is 25.1 Å². The van der Waals surface area contributed by atoms with Gasteiger partial charge in [-0.05, 0) is 54.0 Å². The van der Waals surface area contributed by atoms with E-state index in [0.717, 1.165) is 16.6 Å². The molecular weight excluding hydrogens is 482 g/mol. The molecule has 0 radical (unpaired) electrons. The van der Waals surface area contributed by atoms with E-state index in [9.17, 15) is 4.79 Å². The van der Waals surface area contributed by atoms with Gasteiger partial charge in [-0.25, -0.2) is 4.98 Å². The van der Waals surface area contributed by atoms with Gasteiger partial charge in [-0.3, -0.25) is 14.5 Å². The number of carbonyl (C=O) groups is 1. The normalized spacial score (nSPS) is 12.3. The van der Waals surface area contributed by atoms with E-state index >= 15 is 0 Å². The molecule has 0 amide bonds. The Morgan fingerprint density at radius 3 is 2.68 bits per heavy atom. The minimum Gasteiger partial charge on any atom is -0.496 e. The predicted molar refractivity (Wildman–Crippen MR) is 125 cm³/mol. The molecule has 4 rings (SSSR count). The monoisotopic (exact) mass is 499 g/mol. The second kappa shape index (κ2) is 8.28. The van der Waals surface area contributed by atoms with Crippen LogP contribution in [0.15, 0.2) is 46.8 Å². The summed E-state index contributed by atoms with van der Waals surface area (Å²) in [5, 5.41) is 6.39. The fraction of sp³-hybridized carbons (Fsp3) is 0.182. The maximum atomic E-state index is 12.3. The molecule has 4 aromatic rings. The number of benzene rings is 1. The van der Waals surface area contributed by atoms with Crippen LogP contribution in [0.4, 0.5) is 0 Å². The van der Waals surface area contributed by atoms with E-state index in [4.69, 9.17) is 22.1 Å². The highest BCUT2D eigenvalue weighted by atomic mass is 79.9. The standard InChI is InChI=1S/C22H19BrClN5O2/c1-11(25)18(12(2)30)15-8-16-14(9-17(15)31-3)20-19(22(24)27-16)21(23)28-29(20)10-13-6-4-5-7-26-13/h4-9H,10,25H2,1-3H3. The maximum absolute atomic E-state index is 12.3. The van der Waals surface area contributed by atoms with E-state index in [0.29, 0.717) is 49.8 Å². The number of allylic oxidation sites excluding steroid dienone is 2. The molecule has 0 saturated heterocycles. The Bertz CT molecular complexity index is 1360. The molecule has 3 aromatic heterocycles. The summed E-state index contributed by atoms with van der Waals surface area (Å²) >= 11 is 10.0. The van der Waals surface area contributed by atoms with Crippen LogP contribution in [0.3, 0.4) is 0 Å². The van der Waals surface area contributed by atoms with Crippen LogP contribution in [0, 0.1) is 0 Å². The van der Waals surface area contributed by atoms with Crippen molar-refractivity contribution in [1.29, 1.82) is 0 Å². The van der Waals surface area contributed by atoms with Crippen LogP contribution >= 0.6 is 27.5 Å². The molecule has 0 unspecified atom stereocenters. The number of methoxy groups -OCH3 is 1. The molecule has 7 nitrogen and oxygen atoms in total. The predicted octanol–water partition coefficient (Wildman–Crippen LogP) is 4.73. The third-order valence-electron chi connectivity index (χ3n) is 4.96. The van der Waals surface area contributed by atoms with E-state index in [-0.39, 0.29) is 5.78 Å². The van der Waals surface area contributed by atoms with Gasteiger partial charge >= 0.3 is 0 Å². The van der Waals surface area contributed by atoms with Gasteiger partial charge in [0, 0.05) is 28.4 Å². The van der Waals surface area contributed by atoms with Crippen LogP contribution in [-0.2, 0) is 11.3 Å². The van der Waals surface area contributed by atoms with E-state index in [1.54, 1.807) is 26.3 Å². The molecule has 2 N–H and O–H groups in total. The van der Waals surface area contributed by atoms with Gasteiger partial charge in [-0.15, -0.1) is 0 Å². The first kappa shape index (κ1) is 21.3. The minimum atomic E-state index is -0.159. The number of Topliss-reactive ketones (excluding diaryl/α,β-unsaturated/α-hetero) is 1. The fourth-order valence-electron chi connectivity index (χ4n) is 3.70. The maximum Gasteiger partial charge on any atom is 0.162 e. The summed E-state index contributed by atoms with van der Waals surface area (Å²) in [5.74, 6) is 0.349. The molecule has 0 aliphatic rings. The van der Waals surface area contributed by atoms with Crippen LogP contribution in [0.25, 0.3) is 27.4 Å². The highest BCUT2D eigenvalue weighted by Crippen LogP contribution is 2.39. The average Bonchev–Trinajstić information content (AvgIpc) is 3.04. The number of aromatic nitrogens is 4. The molecule has 0 bridgehead atoms. The van der Waals surface area contributed by atoms with Crippen LogP contribution in [0.5, 0.6) is 5.75 Å². The lowest BCUT2D eigenvalue weighted by Gasteiger charge is -2.14. The number of halogens is 2. The van der Waals surface area contributed by atoms with Crippen molar-refractivity contribution in [3.8, 4) is 5.75 Å². The fourth-order valence-corrected chi connectivity index (χ4v) is 4.66. The zero-order chi connectivity index (χ0) is 22.3. The summed E-state index contributed by atoms with van der Waals surface area (Å²) in [5.41, 5.74) is 9.60. The van der Waals surface area contributed by atoms with Crippen molar-refractivity contribution in [3.63, 3.8) is 0 Å². The Morgan fingerprint density at radius 1 is 1.29 bits per heavy atom. The molecule has 0 aliphatic carbocycles. The smallest absolute Gasteiger partial charge is 0.162 e. The number of nitrogens with two attached hydrogens (primary N) is 1. The third kappa shape index (κ3) is 3.77. The number of nitrogens with zero attached hydrogens (tertiary/aromatic N) is 4. The van der Waals surface area contributed by atoms with E-state index < -0.39 is 0 Å². The molecule has 31 heavy (non-hydrogen) atoms. The Balaban J connectivity index is 2.05. The number of hydrogen-bond acceptors (Lipinski definition) is 6. The van der Waals surface area contributed by atoms with Gasteiger partial charge in [0.05, 0.1) is 35.8 Å². The van der Waals surface area contributed by atoms with Gasteiger partial charge in [0.2, 0.25) is 0 Å². The Morgan fingerprint density at radius 2 is 2.06 bits per heavy atom. The lowest BCUT2D eigenvalue weighted by atomic mass is 9.97. The van der Waals surface area contributed by atoms with Crippen molar-refractivity contribution in [2.45, 2.75) is 20.4 Å². The summed E-state index contributed by atoms with van der Waals surface area (Å²) in [7, 11) is 1.55. The molecule has 0 spiro atoms. The second-order valence-electron chi connectivity index (χ2n) is 7.08. The largest absolute Gasteiger partial charge is 0.496 e. The van der Waals surface area contributed by atoms with Gasteiger partial charge in [-0.1, -0.05) is 17.7 Å². The molecule has 0 aliphatic heterocycles. The van der Waals surface area contributed by atoms with E-state index in [1.165, 1.54) is 6.92 Å². The van der Waals surface area contributed by atoms with Gasteiger partial charge in [0.25, 0.3) is 0 Å². The first-order valence-electron chi connectivity index (χ1n) is 9.42. The quantitative estimate of drug-likeness (QED) is 0.314. The van der Waals surface area contributed by atoms with E-state index in [2.05, 4.69) is 31.0 Å². The number of ether oxygens (including phenoxy) is 1. The number of hydrogen-bond donors (Lipinski definition) is 1. The molecule has 158 valence electrons. The van der Waals surface area contributed by atoms with Crippen LogP contribution < -0.4 is 10.5 Å². The summed E-state index contributed by atoms with van der Waals surface area (Å²) in [6.45, 7) is 3.60. The third-order valence-corrected chi connectivity index (χ3v) is 5.79. The summed E-state index contributed by atoms with van der Waals surface area (Å²) in [6.07, 6.45) is 1.74. The summed E-state index contributed by atoms with van der Waals surface area (Å²) in [4.78, 5) is 21.2. The molecule has 9 heteroatoms. The number of pyridine rings is 2. The van der Waals surface area contributed by atoms with Crippen LogP contribution in [-0.4, -0.2) is 32.6 Å². The Hall–Kier alpha value is -2.97. The molecular formula is C22H19BrClN5O2. The first-order chi connectivity index (χ1) is 14.8. The van der Waals surface area contributed by atoms with E-state index in [1.807, 2.05) is 28.9 Å². The lowest BCUT2D eigenvalue weighted by molar-refractivity contribution is -0.111. The van der Waals surface area contributed by atoms with Crippen molar-refractivity contribution in [1.82, 2.24) is 19.7 Å². The van der Waals surface area contributed by atoms with Crippen molar-refractivity contribution >= 4 is 60.7 Å². The number of carbonyl (C=O) groups excluding carboxylic acids is 1. The summed E-state index contributed by atoms with van der Waals surface area (Å²) < 4.78 is 8.03. The number of ketones is 1. The Labute approximate surface area is 192 Å². The van der Waals surface area contributed by atoms with Gasteiger partial charge < -0.3 is 10.5 Å². The molecule has 3 heterocycles. The topological polar surface area (TPSA) is 95.9 Å².